The first-order valence-corrected chi connectivity index (χ1v) is 10.8. The van der Waals surface area contributed by atoms with Gasteiger partial charge in [-0.15, -0.1) is 0 Å². The molecule has 4 rings (SSSR count). The smallest absolute Gasteiger partial charge is 0.270 e. The summed E-state index contributed by atoms with van der Waals surface area (Å²) in [7, 11) is 0. The van der Waals surface area contributed by atoms with Crippen LogP contribution in [0.15, 0.2) is 30.5 Å². The van der Waals surface area contributed by atoms with E-state index in [1.807, 2.05) is 0 Å². The molecule has 9 heteroatoms. The first-order valence-electron chi connectivity index (χ1n) is 10.8. The van der Waals surface area contributed by atoms with Crippen molar-refractivity contribution in [2.75, 3.05) is 6.54 Å². The Morgan fingerprint density at radius 1 is 1.06 bits per heavy atom. The van der Waals surface area contributed by atoms with Crippen molar-refractivity contribution in [3.05, 3.63) is 64.6 Å². The van der Waals surface area contributed by atoms with Crippen molar-refractivity contribution >= 4 is 17.5 Å². The second-order valence-corrected chi connectivity index (χ2v) is 8.23. The number of hydrogen-bond acceptors (Lipinski definition) is 4. The molecule has 0 unspecified atom stereocenters. The lowest BCUT2D eigenvalue weighted by atomic mass is 9.89. The second kappa shape index (κ2) is 9.42. The van der Waals surface area contributed by atoms with Gasteiger partial charge in [-0.3, -0.25) is 9.59 Å². The summed E-state index contributed by atoms with van der Waals surface area (Å²) in [6.45, 7) is 2.30. The Balaban J connectivity index is 1.52. The van der Waals surface area contributed by atoms with Crippen molar-refractivity contribution in [3.63, 3.8) is 0 Å². The van der Waals surface area contributed by atoms with Crippen LogP contribution >= 0.6 is 0 Å². The Hall–Kier alpha value is -3.36. The highest BCUT2D eigenvalue weighted by Crippen LogP contribution is 2.23. The van der Waals surface area contributed by atoms with Crippen LogP contribution in [-0.4, -0.2) is 33.0 Å². The maximum atomic E-state index is 14.2. The van der Waals surface area contributed by atoms with Gasteiger partial charge in [0.1, 0.15) is 17.2 Å². The predicted molar refractivity (Wildman–Crippen MR) is 114 cm³/mol. The lowest BCUT2D eigenvalue weighted by Gasteiger charge is -2.21. The van der Waals surface area contributed by atoms with Gasteiger partial charge in [0.15, 0.2) is 11.5 Å². The number of carbonyl (C=O) groups excluding carboxylic acids is 2. The van der Waals surface area contributed by atoms with Crippen molar-refractivity contribution in [2.24, 2.45) is 5.92 Å². The van der Waals surface area contributed by atoms with Crippen LogP contribution < -0.4 is 10.6 Å². The van der Waals surface area contributed by atoms with Gasteiger partial charge >= 0.3 is 0 Å². The van der Waals surface area contributed by atoms with Crippen LogP contribution in [0.25, 0.3) is 5.65 Å². The maximum absolute atomic E-state index is 14.2. The number of benzene rings is 1. The number of rotatable bonds is 6. The van der Waals surface area contributed by atoms with Gasteiger partial charge in [-0.2, -0.15) is 5.10 Å². The summed E-state index contributed by atoms with van der Waals surface area (Å²) < 4.78 is 28.7. The molecule has 2 amide bonds. The normalized spacial score (nSPS) is 14.5. The fourth-order valence-corrected chi connectivity index (χ4v) is 4.02. The standard InChI is InChI=1S/C23H25F2N5O2/c1-14-9-16(7-8-17(14)24)12-26-22(31)19-10-20(30-21(29-19)18(25)13-28-30)23(32)27-11-15-5-3-2-4-6-15/h7-10,13,15H,2-6,11-12H2,1H3,(H,26,31)(H,27,32). The van der Waals surface area contributed by atoms with Gasteiger partial charge in [-0.25, -0.2) is 18.3 Å². The average molecular weight is 441 g/mol. The molecule has 1 fully saturated rings. The van der Waals surface area contributed by atoms with E-state index in [4.69, 9.17) is 0 Å². The first-order chi connectivity index (χ1) is 15.4. The fourth-order valence-electron chi connectivity index (χ4n) is 4.02. The van der Waals surface area contributed by atoms with Gasteiger partial charge in [0.25, 0.3) is 11.8 Å². The molecule has 1 aliphatic rings. The van der Waals surface area contributed by atoms with Crippen molar-refractivity contribution < 1.29 is 18.4 Å². The van der Waals surface area contributed by atoms with Gasteiger partial charge < -0.3 is 10.6 Å². The highest BCUT2D eigenvalue weighted by molar-refractivity contribution is 5.98. The number of carbonyl (C=O) groups is 2. The molecule has 7 nitrogen and oxygen atoms in total. The molecule has 1 aromatic carbocycles. The van der Waals surface area contributed by atoms with Gasteiger partial charge in [-0.05, 0) is 42.9 Å². The molecule has 2 N–H and O–H groups in total. The number of nitrogens with one attached hydrogen (secondary N) is 2. The Bertz CT molecular complexity index is 1150. The zero-order valence-electron chi connectivity index (χ0n) is 17.8. The van der Waals surface area contributed by atoms with E-state index in [2.05, 4.69) is 20.7 Å². The largest absolute Gasteiger partial charge is 0.350 e. The minimum Gasteiger partial charge on any atom is -0.350 e. The quantitative estimate of drug-likeness (QED) is 0.612. The summed E-state index contributed by atoms with van der Waals surface area (Å²) in [4.78, 5) is 29.6. The molecule has 2 heterocycles. The summed E-state index contributed by atoms with van der Waals surface area (Å²) in [5, 5.41) is 9.47. The number of amides is 2. The summed E-state index contributed by atoms with van der Waals surface area (Å²) in [6.07, 6.45) is 6.63. The Morgan fingerprint density at radius 3 is 2.59 bits per heavy atom. The third-order valence-corrected chi connectivity index (χ3v) is 5.85. The Kier molecular flexibility index (Phi) is 6.43. The number of aryl methyl sites for hydroxylation is 1. The van der Waals surface area contributed by atoms with Gasteiger partial charge in [0.2, 0.25) is 0 Å². The van der Waals surface area contributed by atoms with Crippen molar-refractivity contribution in [2.45, 2.75) is 45.6 Å². The van der Waals surface area contributed by atoms with E-state index in [-0.39, 0.29) is 29.4 Å². The predicted octanol–water partition coefficient (Wildman–Crippen LogP) is 3.56. The molecule has 0 aliphatic heterocycles. The molecule has 0 atom stereocenters. The van der Waals surface area contributed by atoms with Crippen LogP contribution in [0.5, 0.6) is 0 Å². The number of halogens is 2. The molecule has 1 saturated carbocycles. The Morgan fingerprint density at radius 2 is 1.84 bits per heavy atom. The van der Waals surface area contributed by atoms with E-state index in [1.54, 1.807) is 19.1 Å². The summed E-state index contributed by atoms with van der Waals surface area (Å²) in [5.41, 5.74) is 0.919. The summed E-state index contributed by atoms with van der Waals surface area (Å²) >= 11 is 0. The minimum absolute atomic E-state index is 0.0393. The molecule has 168 valence electrons. The molecule has 32 heavy (non-hydrogen) atoms. The summed E-state index contributed by atoms with van der Waals surface area (Å²) in [6, 6.07) is 5.84. The van der Waals surface area contributed by atoms with E-state index in [1.165, 1.54) is 18.6 Å². The van der Waals surface area contributed by atoms with Crippen molar-refractivity contribution in [1.29, 1.82) is 0 Å². The van der Waals surface area contributed by atoms with Crippen LogP contribution in [0, 0.1) is 24.5 Å². The average Bonchev–Trinajstić information content (AvgIpc) is 3.18. The first kappa shape index (κ1) is 21.9. The lowest BCUT2D eigenvalue weighted by molar-refractivity contribution is 0.0935. The van der Waals surface area contributed by atoms with E-state index in [9.17, 15) is 18.4 Å². The third-order valence-electron chi connectivity index (χ3n) is 5.85. The monoisotopic (exact) mass is 441 g/mol. The molecular formula is C23H25F2N5O2. The molecule has 0 bridgehead atoms. The highest BCUT2D eigenvalue weighted by atomic mass is 19.1. The third kappa shape index (κ3) is 4.76. The van der Waals surface area contributed by atoms with Crippen LogP contribution in [-0.2, 0) is 6.54 Å². The highest BCUT2D eigenvalue weighted by Gasteiger charge is 2.21. The molecule has 1 aliphatic carbocycles. The van der Waals surface area contributed by atoms with Crippen molar-refractivity contribution in [3.8, 4) is 0 Å². The van der Waals surface area contributed by atoms with Crippen molar-refractivity contribution in [1.82, 2.24) is 25.2 Å². The minimum atomic E-state index is -0.727. The molecule has 0 spiro atoms. The van der Waals surface area contributed by atoms with Crippen LogP contribution in [0.2, 0.25) is 0 Å². The molecular weight excluding hydrogens is 416 g/mol. The van der Waals surface area contributed by atoms with Gasteiger partial charge in [0, 0.05) is 19.2 Å². The van der Waals surface area contributed by atoms with E-state index < -0.39 is 17.6 Å². The number of aromatic nitrogens is 3. The molecule has 2 aromatic heterocycles. The van der Waals surface area contributed by atoms with E-state index >= 15 is 0 Å². The molecule has 0 saturated heterocycles. The SMILES string of the molecule is Cc1cc(CNC(=O)c2cc(C(=O)NCC3CCCCC3)n3ncc(F)c3n2)ccc1F. The number of fused-ring (bicyclic) bond motifs is 1. The Labute approximate surface area is 184 Å². The molecule has 3 aromatic rings. The topological polar surface area (TPSA) is 88.4 Å². The van der Waals surface area contributed by atoms with E-state index in [0.717, 1.165) is 36.4 Å². The number of nitrogens with zero attached hydrogens (tertiary/aromatic N) is 3. The zero-order valence-corrected chi connectivity index (χ0v) is 17.8. The maximum Gasteiger partial charge on any atom is 0.270 e. The van der Waals surface area contributed by atoms with E-state index in [0.29, 0.717) is 23.6 Å². The fraction of sp³-hybridized carbons (Fsp3) is 0.391. The number of hydrogen-bond donors (Lipinski definition) is 2. The molecule has 0 radical (unpaired) electrons. The second-order valence-electron chi connectivity index (χ2n) is 8.23. The van der Waals surface area contributed by atoms with Crippen LogP contribution in [0.1, 0.15) is 64.2 Å². The lowest BCUT2D eigenvalue weighted by Crippen LogP contribution is -2.32. The summed E-state index contributed by atoms with van der Waals surface area (Å²) in [5.74, 6) is -1.64. The van der Waals surface area contributed by atoms with Gasteiger partial charge in [0.05, 0.1) is 6.20 Å². The zero-order chi connectivity index (χ0) is 22.7. The van der Waals surface area contributed by atoms with Crippen LogP contribution in [0.3, 0.4) is 0 Å². The van der Waals surface area contributed by atoms with Gasteiger partial charge in [-0.1, -0.05) is 31.4 Å². The van der Waals surface area contributed by atoms with Crippen LogP contribution in [0.4, 0.5) is 8.78 Å².